The smallest absolute Gasteiger partial charge is 0.122 e. The van der Waals surface area contributed by atoms with Gasteiger partial charge in [-0.05, 0) is 52.3 Å². The molecule has 0 fully saturated rings. The zero-order valence-electron chi connectivity index (χ0n) is 13.6. The van der Waals surface area contributed by atoms with Crippen LogP contribution in [0.15, 0.2) is 34.3 Å². The first-order chi connectivity index (χ1) is 9.87. The molecule has 3 nitrogen and oxygen atoms in total. The third-order valence-corrected chi connectivity index (χ3v) is 4.70. The van der Waals surface area contributed by atoms with Gasteiger partial charge in [0.05, 0.1) is 12.8 Å². The summed E-state index contributed by atoms with van der Waals surface area (Å²) in [6.45, 7) is 10.4. The van der Waals surface area contributed by atoms with Crippen LogP contribution in [0.1, 0.15) is 49.9 Å². The van der Waals surface area contributed by atoms with E-state index in [0.717, 1.165) is 18.8 Å². The Kier molecular flexibility index (Phi) is 5.25. The lowest BCUT2D eigenvalue weighted by Crippen LogP contribution is -2.35. The zero-order valence-corrected chi connectivity index (χ0v) is 14.5. The number of thiophene rings is 1. The molecule has 0 aliphatic heterocycles. The van der Waals surface area contributed by atoms with Crippen LogP contribution < -0.4 is 5.32 Å². The molecule has 0 bridgehead atoms. The minimum Gasteiger partial charge on any atom is -0.468 e. The van der Waals surface area contributed by atoms with Gasteiger partial charge in [0.1, 0.15) is 5.76 Å². The SMILES string of the molecule is CC(c1cccs1)N(C)Cc1occc1CNC(C)(C)C. The molecule has 2 aromatic heterocycles. The summed E-state index contributed by atoms with van der Waals surface area (Å²) in [5, 5.41) is 5.65. The largest absolute Gasteiger partial charge is 0.468 e. The van der Waals surface area contributed by atoms with E-state index in [-0.39, 0.29) is 5.54 Å². The average molecular weight is 306 g/mol. The molecule has 1 N–H and O–H groups in total. The Morgan fingerprint density at radius 3 is 2.71 bits per heavy atom. The molecule has 0 aromatic carbocycles. The maximum absolute atomic E-state index is 5.69. The highest BCUT2D eigenvalue weighted by molar-refractivity contribution is 7.10. The van der Waals surface area contributed by atoms with Crippen molar-refractivity contribution in [1.29, 1.82) is 0 Å². The third kappa shape index (κ3) is 4.70. The summed E-state index contributed by atoms with van der Waals surface area (Å²) in [6, 6.07) is 6.77. The van der Waals surface area contributed by atoms with Crippen molar-refractivity contribution in [1.82, 2.24) is 10.2 Å². The van der Waals surface area contributed by atoms with Crippen molar-refractivity contribution in [2.24, 2.45) is 0 Å². The predicted molar refractivity (Wildman–Crippen MR) is 89.5 cm³/mol. The molecule has 4 heteroatoms. The summed E-state index contributed by atoms with van der Waals surface area (Å²) >= 11 is 1.81. The van der Waals surface area contributed by atoms with Crippen LogP contribution >= 0.6 is 11.3 Å². The van der Waals surface area contributed by atoms with Crippen LogP contribution in [0.4, 0.5) is 0 Å². The Balaban J connectivity index is 1.98. The number of hydrogen-bond donors (Lipinski definition) is 1. The van der Waals surface area contributed by atoms with Gasteiger partial charge < -0.3 is 9.73 Å². The van der Waals surface area contributed by atoms with Gasteiger partial charge in [0.25, 0.3) is 0 Å². The Morgan fingerprint density at radius 2 is 2.10 bits per heavy atom. The summed E-state index contributed by atoms with van der Waals surface area (Å²) < 4.78 is 5.69. The van der Waals surface area contributed by atoms with Gasteiger partial charge in [-0.25, -0.2) is 0 Å². The third-order valence-electron chi connectivity index (χ3n) is 3.66. The second-order valence-corrected chi connectivity index (χ2v) is 7.56. The Bertz CT molecular complexity index is 539. The van der Waals surface area contributed by atoms with E-state index in [1.165, 1.54) is 10.4 Å². The molecule has 0 radical (unpaired) electrons. The van der Waals surface area contributed by atoms with Gasteiger partial charge >= 0.3 is 0 Å². The van der Waals surface area contributed by atoms with E-state index >= 15 is 0 Å². The fourth-order valence-corrected chi connectivity index (χ4v) is 2.98. The molecule has 2 aromatic rings. The van der Waals surface area contributed by atoms with E-state index in [4.69, 9.17) is 4.42 Å². The number of nitrogens with one attached hydrogen (secondary N) is 1. The second kappa shape index (κ2) is 6.77. The summed E-state index contributed by atoms with van der Waals surface area (Å²) in [7, 11) is 2.15. The highest BCUT2D eigenvalue weighted by Gasteiger charge is 2.17. The maximum atomic E-state index is 5.69. The lowest BCUT2D eigenvalue weighted by Gasteiger charge is -2.24. The van der Waals surface area contributed by atoms with Gasteiger partial charge in [-0.1, -0.05) is 6.07 Å². The van der Waals surface area contributed by atoms with Crippen molar-refractivity contribution in [3.05, 3.63) is 46.0 Å². The zero-order chi connectivity index (χ0) is 15.5. The van der Waals surface area contributed by atoms with E-state index in [1.54, 1.807) is 17.6 Å². The first-order valence-corrected chi connectivity index (χ1v) is 8.28. The van der Waals surface area contributed by atoms with Crippen LogP contribution in [-0.2, 0) is 13.1 Å². The molecule has 0 spiro atoms. The molecular weight excluding hydrogens is 280 g/mol. The predicted octanol–water partition coefficient (Wildman–Crippen LogP) is 4.42. The van der Waals surface area contributed by atoms with Gasteiger partial charge in [-0.3, -0.25) is 4.90 Å². The van der Waals surface area contributed by atoms with E-state index in [0.29, 0.717) is 6.04 Å². The molecule has 1 atom stereocenters. The molecule has 0 amide bonds. The van der Waals surface area contributed by atoms with E-state index in [9.17, 15) is 0 Å². The van der Waals surface area contributed by atoms with Crippen molar-refractivity contribution < 1.29 is 4.42 Å². The Morgan fingerprint density at radius 1 is 1.33 bits per heavy atom. The number of rotatable bonds is 6. The fourth-order valence-electron chi connectivity index (χ4n) is 2.13. The van der Waals surface area contributed by atoms with Crippen molar-refractivity contribution in [3.63, 3.8) is 0 Å². The minimum absolute atomic E-state index is 0.116. The van der Waals surface area contributed by atoms with E-state index in [1.807, 2.05) is 0 Å². The monoisotopic (exact) mass is 306 g/mol. The number of hydrogen-bond acceptors (Lipinski definition) is 4. The molecule has 1 unspecified atom stereocenters. The Hall–Kier alpha value is -1.10. The molecule has 0 aliphatic rings. The normalized spacial score (nSPS) is 13.8. The summed E-state index contributed by atoms with van der Waals surface area (Å²) in [5.74, 6) is 1.05. The van der Waals surface area contributed by atoms with Gasteiger partial charge in [0.2, 0.25) is 0 Å². The topological polar surface area (TPSA) is 28.4 Å². The summed E-state index contributed by atoms with van der Waals surface area (Å²) in [4.78, 5) is 3.71. The standard InChI is InChI=1S/C17H26N2OS/c1-13(16-7-6-10-21-16)19(5)12-15-14(8-9-20-15)11-18-17(2,3)4/h6-10,13,18H,11-12H2,1-5H3. The number of furan rings is 1. The van der Waals surface area contributed by atoms with Gasteiger partial charge in [0.15, 0.2) is 0 Å². The fraction of sp³-hybridized carbons (Fsp3) is 0.529. The molecule has 21 heavy (non-hydrogen) atoms. The Labute approximate surface area is 132 Å². The van der Waals surface area contributed by atoms with E-state index < -0.39 is 0 Å². The van der Waals surface area contributed by atoms with Crippen LogP contribution in [0.2, 0.25) is 0 Å². The van der Waals surface area contributed by atoms with Gasteiger partial charge in [-0.2, -0.15) is 0 Å². The second-order valence-electron chi connectivity index (χ2n) is 6.58. The minimum atomic E-state index is 0.116. The van der Waals surface area contributed by atoms with Crippen molar-refractivity contribution in [3.8, 4) is 0 Å². The number of nitrogens with zero attached hydrogens (tertiary/aromatic N) is 1. The van der Waals surface area contributed by atoms with Crippen molar-refractivity contribution in [2.45, 2.75) is 52.4 Å². The molecular formula is C17H26N2OS. The van der Waals surface area contributed by atoms with Gasteiger partial charge in [-0.15, -0.1) is 11.3 Å². The molecule has 116 valence electrons. The molecule has 0 saturated heterocycles. The van der Waals surface area contributed by atoms with Crippen LogP contribution in [0.3, 0.4) is 0 Å². The highest BCUT2D eigenvalue weighted by Crippen LogP contribution is 2.25. The lowest BCUT2D eigenvalue weighted by molar-refractivity contribution is 0.233. The highest BCUT2D eigenvalue weighted by atomic mass is 32.1. The molecule has 0 aliphatic carbocycles. The van der Waals surface area contributed by atoms with Crippen LogP contribution in [-0.4, -0.2) is 17.5 Å². The lowest BCUT2D eigenvalue weighted by atomic mass is 10.1. The molecule has 2 rings (SSSR count). The quantitative estimate of drug-likeness (QED) is 0.856. The first-order valence-electron chi connectivity index (χ1n) is 7.41. The summed E-state index contributed by atoms with van der Waals surface area (Å²) in [5.41, 5.74) is 1.36. The maximum Gasteiger partial charge on any atom is 0.122 e. The average Bonchev–Trinajstić information content (AvgIpc) is 3.05. The van der Waals surface area contributed by atoms with Crippen LogP contribution in [0, 0.1) is 0 Å². The van der Waals surface area contributed by atoms with E-state index in [2.05, 4.69) is 68.5 Å². The van der Waals surface area contributed by atoms with Crippen LogP contribution in [0.5, 0.6) is 0 Å². The molecule has 0 saturated carbocycles. The summed E-state index contributed by atoms with van der Waals surface area (Å²) in [6.07, 6.45) is 1.79. The van der Waals surface area contributed by atoms with Crippen molar-refractivity contribution >= 4 is 11.3 Å². The first kappa shape index (κ1) is 16.3. The molecule has 2 heterocycles. The van der Waals surface area contributed by atoms with Crippen molar-refractivity contribution in [2.75, 3.05) is 7.05 Å². The van der Waals surface area contributed by atoms with Gasteiger partial charge in [0, 0.05) is 28.6 Å². The van der Waals surface area contributed by atoms with Crippen LogP contribution in [0.25, 0.3) is 0 Å².